The highest BCUT2D eigenvalue weighted by Gasteiger charge is 2.24. The second-order valence-electron chi connectivity index (χ2n) is 7.61. The second-order valence-corrected chi connectivity index (χ2v) is 7.61. The molecule has 2 saturated heterocycles. The molecule has 4 rings (SSSR count). The number of urea groups is 1. The first-order valence-corrected chi connectivity index (χ1v) is 10.2. The van der Waals surface area contributed by atoms with E-state index in [0.29, 0.717) is 12.5 Å². The Bertz CT molecular complexity index is 746. The molecule has 148 valence electrons. The number of hydrogen-bond acceptors (Lipinski definition) is 4. The van der Waals surface area contributed by atoms with Gasteiger partial charge in [-0.2, -0.15) is 0 Å². The lowest BCUT2D eigenvalue weighted by atomic mass is 9.99. The Balaban J connectivity index is 1.16. The maximum atomic E-state index is 12.5. The summed E-state index contributed by atoms with van der Waals surface area (Å²) in [6.07, 6.45) is 4.83. The van der Waals surface area contributed by atoms with Gasteiger partial charge in [0.25, 0.3) is 0 Å². The van der Waals surface area contributed by atoms with Crippen LogP contribution in [0.3, 0.4) is 0 Å². The van der Waals surface area contributed by atoms with E-state index in [1.54, 1.807) is 0 Å². The summed E-state index contributed by atoms with van der Waals surface area (Å²) in [5.41, 5.74) is 2.61. The smallest absolute Gasteiger partial charge is 0.317 e. The third-order valence-electron chi connectivity index (χ3n) is 5.84. The van der Waals surface area contributed by atoms with Gasteiger partial charge in [0.2, 0.25) is 0 Å². The van der Waals surface area contributed by atoms with Crippen LogP contribution in [0, 0.1) is 0 Å². The van der Waals surface area contributed by atoms with E-state index in [9.17, 15) is 4.79 Å². The number of likely N-dealkylation sites (tertiary alicyclic amines) is 1. The van der Waals surface area contributed by atoms with Crippen molar-refractivity contribution in [2.24, 2.45) is 0 Å². The lowest BCUT2D eigenvalue weighted by molar-refractivity contribution is 0.192. The topological polar surface area (TPSA) is 51.7 Å². The summed E-state index contributed by atoms with van der Waals surface area (Å²) in [6, 6.07) is 14.9. The Labute approximate surface area is 167 Å². The minimum absolute atomic E-state index is 0.0631. The van der Waals surface area contributed by atoms with Crippen molar-refractivity contribution in [3.05, 3.63) is 60.4 Å². The molecule has 6 nitrogen and oxygen atoms in total. The molecule has 2 fully saturated rings. The average molecular weight is 380 g/mol. The van der Waals surface area contributed by atoms with Crippen molar-refractivity contribution in [1.29, 1.82) is 0 Å². The third kappa shape index (κ3) is 4.62. The van der Waals surface area contributed by atoms with Crippen molar-refractivity contribution in [2.75, 3.05) is 57.3 Å². The number of carbonyl (C=O) groups is 1. The molecule has 0 radical (unpaired) electrons. The first-order chi connectivity index (χ1) is 13.8. The summed E-state index contributed by atoms with van der Waals surface area (Å²) in [7, 11) is 0. The minimum atomic E-state index is 0.0631. The summed E-state index contributed by atoms with van der Waals surface area (Å²) in [4.78, 5) is 23.2. The number of hydrogen-bond donors (Lipinski definition) is 1. The van der Waals surface area contributed by atoms with Crippen molar-refractivity contribution in [1.82, 2.24) is 20.1 Å². The van der Waals surface area contributed by atoms with Gasteiger partial charge in [0.1, 0.15) is 0 Å². The van der Waals surface area contributed by atoms with Crippen molar-refractivity contribution in [3.63, 3.8) is 0 Å². The normalized spacial score (nSPS) is 20.4. The highest BCUT2D eigenvalue weighted by Crippen LogP contribution is 2.26. The second kappa shape index (κ2) is 9.06. The summed E-state index contributed by atoms with van der Waals surface area (Å²) in [5, 5.41) is 3.11. The fraction of sp³-hybridized carbons (Fsp3) is 0.455. The SMILES string of the molecule is O=C(NCCN1CC[C@@H](c2ccccc2)C1)N1CCN(c2ccncc2)CC1. The van der Waals surface area contributed by atoms with Gasteiger partial charge in [0.05, 0.1) is 0 Å². The zero-order chi connectivity index (χ0) is 19.2. The Hall–Kier alpha value is -2.60. The van der Waals surface area contributed by atoms with Crippen LogP contribution in [-0.2, 0) is 0 Å². The quantitative estimate of drug-likeness (QED) is 0.867. The minimum Gasteiger partial charge on any atom is -0.368 e. The van der Waals surface area contributed by atoms with Crippen LogP contribution >= 0.6 is 0 Å². The van der Waals surface area contributed by atoms with E-state index in [2.05, 4.69) is 50.4 Å². The largest absolute Gasteiger partial charge is 0.368 e. The zero-order valence-corrected chi connectivity index (χ0v) is 16.3. The van der Waals surface area contributed by atoms with E-state index in [0.717, 1.165) is 45.8 Å². The van der Waals surface area contributed by atoms with Crippen molar-refractivity contribution in [3.8, 4) is 0 Å². The van der Waals surface area contributed by atoms with Crippen LogP contribution in [0.1, 0.15) is 17.9 Å². The lowest BCUT2D eigenvalue weighted by Gasteiger charge is -2.36. The number of pyridine rings is 1. The number of benzene rings is 1. The van der Waals surface area contributed by atoms with Gasteiger partial charge in [-0.05, 0) is 36.6 Å². The molecule has 2 amide bonds. The first kappa shape index (κ1) is 18.7. The molecule has 28 heavy (non-hydrogen) atoms. The number of nitrogens with one attached hydrogen (secondary N) is 1. The van der Waals surface area contributed by atoms with Crippen molar-refractivity contribution < 1.29 is 4.79 Å². The van der Waals surface area contributed by atoms with Crippen LogP contribution in [0.2, 0.25) is 0 Å². The Morgan fingerprint density at radius 1 is 1.00 bits per heavy atom. The number of rotatable bonds is 5. The number of piperazine rings is 1. The van der Waals surface area contributed by atoms with E-state index in [-0.39, 0.29) is 6.03 Å². The van der Waals surface area contributed by atoms with Gasteiger partial charge in [0.15, 0.2) is 0 Å². The summed E-state index contributed by atoms with van der Waals surface area (Å²) in [5.74, 6) is 0.623. The summed E-state index contributed by atoms with van der Waals surface area (Å²) in [6.45, 7) is 7.08. The Morgan fingerprint density at radius 3 is 2.50 bits per heavy atom. The van der Waals surface area contributed by atoms with Gasteiger partial charge in [0, 0.05) is 63.9 Å². The number of nitrogens with zero attached hydrogens (tertiary/aromatic N) is 4. The van der Waals surface area contributed by atoms with Crippen molar-refractivity contribution >= 4 is 11.7 Å². The molecule has 1 aromatic heterocycles. The van der Waals surface area contributed by atoms with Gasteiger partial charge in [-0.1, -0.05) is 30.3 Å². The van der Waals surface area contributed by atoms with E-state index in [1.807, 2.05) is 29.4 Å². The van der Waals surface area contributed by atoms with Gasteiger partial charge in [-0.3, -0.25) is 4.98 Å². The molecule has 0 saturated carbocycles. The molecular weight excluding hydrogens is 350 g/mol. The van der Waals surface area contributed by atoms with Gasteiger partial charge < -0.3 is 20.0 Å². The number of aromatic nitrogens is 1. The highest BCUT2D eigenvalue weighted by atomic mass is 16.2. The summed E-state index contributed by atoms with van der Waals surface area (Å²) < 4.78 is 0. The molecule has 0 spiro atoms. The molecule has 2 aromatic rings. The molecule has 0 bridgehead atoms. The fourth-order valence-electron chi connectivity index (χ4n) is 4.19. The van der Waals surface area contributed by atoms with E-state index in [1.165, 1.54) is 17.7 Å². The molecule has 2 aliphatic rings. The van der Waals surface area contributed by atoms with E-state index >= 15 is 0 Å². The lowest BCUT2D eigenvalue weighted by Crippen LogP contribution is -2.52. The zero-order valence-electron chi connectivity index (χ0n) is 16.3. The molecule has 1 atom stereocenters. The van der Waals surface area contributed by atoms with Gasteiger partial charge in [-0.25, -0.2) is 4.79 Å². The highest BCUT2D eigenvalue weighted by molar-refractivity contribution is 5.74. The van der Waals surface area contributed by atoms with Gasteiger partial charge in [-0.15, -0.1) is 0 Å². The summed E-state index contributed by atoms with van der Waals surface area (Å²) >= 11 is 0. The fourth-order valence-corrected chi connectivity index (χ4v) is 4.19. The number of amides is 2. The number of carbonyl (C=O) groups excluding carboxylic acids is 1. The molecule has 0 unspecified atom stereocenters. The van der Waals surface area contributed by atoms with Crippen LogP contribution < -0.4 is 10.2 Å². The third-order valence-corrected chi connectivity index (χ3v) is 5.84. The maximum Gasteiger partial charge on any atom is 0.317 e. The Morgan fingerprint density at radius 2 is 1.75 bits per heavy atom. The van der Waals surface area contributed by atoms with Crippen LogP contribution in [0.5, 0.6) is 0 Å². The molecule has 2 aliphatic heterocycles. The first-order valence-electron chi connectivity index (χ1n) is 10.2. The van der Waals surface area contributed by atoms with Gasteiger partial charge >= 0.3 is 6.03 Å². The molecular formula is C22H29N5O. The van der Waals surface area contributed by atoms with Crippen molar-refractivity contribution in [2.45, 2.75) is 12.3 Å². The van der Waals surface area contributed by atoms with E-state index in [4.69, 9.17) is 0 Å². The van der Waals surface area contributed by atoms with E-state index < -0.39 is 0 Å². The molecule has 1 aromatic carbocycles. The standard InChI is InChI=1S/C22H29N5O/c28-22(27-16-14-26(15-17-27)21-6-9-23-10-7-21)24-11-13-25-12-8-20(18-25)19-4-2-1-3-5-19/h1-7,9-10,20H,8,11-18H2,(H,24,28)/t20-/m1/s1. The van der Waals surface area contributed by atoms with Crippen LogP contribution in [0.15, 0.2) is 54.9 Å². The Kier molecular flexibility index (Phi) is 6.07. The molecule has 1 N–H and O–H groups in total. The van der Waals surface area contributed by atoms with Crippen LogP contribution in [-0.4, -0.2) is 73.2 Å². The molecule has 6 heteroatoms. The molecule has 3 heterocycles. The predicted octanol–water partition coefficient (Wildman–Crippen LogP) is 2.40. The monoisotopic (exact) mass is 379 g/mol. The average Bonchev–Trinajstić information content (AvgIpc) is 3.24. The predicted molar refractivity (Wildman–Crippen MR) is 112 cm³/mol. The van der Waals surface area contributed by atoms with Crippen LogP contribution in [0.4, 0.5) is 10.5 Å². The number of anilines is 1. The van der Waals surface area contributed by atoms with Crippen LogP contribution in [0.25, 0.3) is 0 Å². The maximum absolute atomic E-state index is 12.5. The molecule has 0 aliphatic carbocycles.